The molecule has 1 N–H and O–H groups in total. The molecular formula is C17H21ClN4O2. The lowest BCUT2D eigenvalue weighted by Gasteiger charge is -2.34. The number of hydrogen-bond donors (Lipinski definition) is 1. The minimum atomic E-state index is -0.0277. The number of carbonyl (C=O) groups is 1. The molecule has 128 valence electrons. The molecule has 0 unspecified atom stereocenters. The molecule has 24 heavy (non-hydrogen) atoms. The third-order valence-corrected chi connectivity index (χ3v) is 4.32. The Labute approximate surface area is 146 Å². The van der Waals surface area contributed by atoms with Crippen LogP contribution in [0.3, 0.4) is 0 Å². The molecule has 0 aliphatic carbocycles. The first-order valence-corrected chi connectivity index (χ1v) is 8.40. The van der Waals surface area contributed by atoms with E-state index in [4.69, 9.17) is 16.1 Å². The fourth-order valence-corrected chi connectivity index (χ4v) is 2.84. The molecule has 1 fully saturated rings. The molecule has 2 aromatic rings. The first-order valence-electron chi connectivity index (χ1n) is 8.02. The van der Waals surface area contributed by atoms with Crippen LogP contribution in [0.25, 0.3) is 0 Å². The summed E-state index contributed by atoms with van der Waals surface area (Å²) in [5.41, 5.74) is 1.93. The first-order chi connectivity index (χ1) is 11.6. The number of hydrogen-bond acceptors (Lipinski definition) is 4. The zero-order valence-electron chi connectivity index (χ0n) is 13.7. The van der Waals surface area contributed by atoms with E-state index < -0.39 is 0 Å². The third-order valence-electron chi connectivity index (χ3n) is 4.07. The average molecular weight is 349 g/mol. The summed E-state index contributed by atoms with van der Waals surface area (Å²) in [4.78, 5) is 16.4. The fraction of sp³-hybridized carbons (Fsp3) is 0.412. The van der Waals surface area contributed by atoms with E-state index in [9.17, 15) is 4.79 Å². The van der Waals surface area contributed by atoms with Crippen LogP contribution >= 0.6 is 11.6 Å². The Morgan fingerprint density at radius 2 is 1.96 bits per heavy atom. The lowest BCUT2D eigenvalue weighted by molar-refractivity contribution is 0.128. The van der Waals surface area contributed by atoms with Gasteiger partial charge in [0.1, 0.15) is 0 Å². The molecule has 7 heteroatoms. The van der Waals surface area contributed by atoms with E-state index in [0.29, 0.717) is 24.7 Å². The number of aromatic nitrogens is 1. The van der Waals surface area contributed by atoms with Crippen LogP contribution in [0.1, 0.15) is 17.0 Å². The van der Waals surface area contributed by atoms with Crippen LogP contribution in [0, 0.1) is 6.92 Å². The minimum absolute atomic E-state index is 0.0277. The number of nitrogens with one attached hydrogen (secondary N) is 1. The Balaban J connectivity index is 1.42. The maximum atomic E-state index is 12.2. The van der Waals surface area contributed by atoms with Crippen molar-refractivity contribution in [1.29, 1.82) is 0 Å². The van der Waals surface area contributed by atoms with Crippen LogP contribution in [0.2, 0.25) is 5.02 Å². The highest BCUT2D eigenvalue weighted by atomic mass is 35.5. The van der Waals surface area contributed by atoms with E-state index in [1.165, 1.54) is 0 Å². The number of carbonyl (C=O) groups excluding carboxylic acids is 1. The third kappa shape index (κ3) is 4.49. The van der Waals surface area contributed by atoms with Crippen LogP contribution in [-0.2, 0) is 13.1 Å². The number of rotatable bonds is 4. The lowest BCUT2D eigenvalue weighted by Crippen LogP contribution is -2.51. The number of piperazine rings is 1. The van der Waals surface area contributed by atoms with Gasteiger partial charge in [0.05, 0.1) is 12.2 Å². The van der Waals surface area contributed by atoms with Crippen LogP contribution in [0.15, 0.2) is 34.9 Å². The highest BCUT2D eigenvalue weighted by Gasteiger charge is 2.21. The SMILES string of the molecule is Cc1cc(CN2CCN(C(=O)NCc3ccc(Cl)cc3)CC2)on1. The molecule has 0 bridgehead atoms. The van der Waals surface area contributed by atoms with Gasteiger partial charge < -0.3 is 14.7 Å². The van der Waals surface area contributed by atoms with Gasteiger partial charge in [-0.1, -0.05) is 28.9 Å². The summed E-state index contributed by atoms with van der Waals surface area (Å²) < 4.78 is 5.24. The van der Waals surface area contributed by atoms with Gasteiger partial charge in [-0.3, -0.25) is 4.90 Å². The lowest BCUT2D eigenvalue weighted by atomic mass is 10.2. The molecule has 1 aromatic heterocycles. The van der Waals surface area contributed by atoms with Gasteiger partial charge in [0.15, 0.2) is 5.76 Å². The predicted octanol–water partition coefficient (Wildman–Crippen LogP) is 2.66. The van der Waals surface area contributed by atoms with E-state index >= 15 is 0 Å². The molecule has 6 nitrogen and oxygen atoms in total. The molecule has 0 spiro atoms. The molecule has 1 saturated heterocycles. The second-order valence-electron chi connectivity index (χ2n) is 5.98. The Hall–Kier alpha value is -2.05. The number of aryl methyl sites for hydroxylation is 1. The Bertz CT molecular complexity index is 678. The molecule has 1 aliphatic heterocycles. The van der Waals surface area contributed by atoms with Crippen LogP contribution in [0.4, 0.5) is 4.79 Å². The second-order valence-corrected chi connectivity index (χ2v) is 6.42. The molecular weight excluding hydrogens is 328 g/mol. The summed E-state index contributed by atoms with van der Waals surface area (Å²) in [5.74, 6) is 0.869. The summed E-state index contributed by atoms with van der Waals surface area (Å²) in [5, 5.41) is 7.55. The molecule has 0 radical (unpaired) electrons. The largest absolute Gasteiger partial charge is 0.360 e. The molecule has 1 aliphatic rings. The quantitative estimate of drug-likeness (QED) is 0.922. The number of benzene rings is 1. The summed E-state index contributed by atoms with van der Waals surface area (Å²) in [6.45, 7) is 6.23. The van der Waals surface area contributed by atoms with Crippen LogP contribution in [-0.4, -0.2) is 47.2 Å². The first kappa shape index (κ1) is 16.8. The normalized spacial score (nSPS) is 15.5. The molecule has 1 aromatic carbocycles. The monoisotopic (exact) mass is 348 g/mol. The predicted molar refractivity (Wildman–Crippen MR) is 91.8 cm³/mol. The summed E-state index contributed by atoms with van der Waals surface area (Å²) >= 11 is 5.86. The van der Waals surface area contributed by atoms with Gasteiger partial charge in [-0.2, -0.15) is 0 Å². The maximum Gasteiger partial charge on any atom is 0.317 e. The van der Waals surface area contributed by atoms with Crippen molar-refractivity contribution in [2.75, 3.05) is 26.2 Å². The van der Waals surface area contributed by atoms with E-state index in [1.807, 2.05) is 42.2 Å². The van der Waals surface area contributed by atoms with Gasteiger partial charge in [-0.15, -0.1) is 0 Å². The van der Waals surface area contributed by atoms with Crippen molar-refractivity contribution >= 4 is 17.6 Å². The Kier molecular flexibility index (Phi) is 5.37. The molecule has 0 atom stereocenters. The minimum Gasteiger partial charge on any atom is -0.360 e. The smallest absolute Gasteiger partial charge is 0.317 e. The van der Waals surface area contributed by atoms with Gasteiger partial charge in [-0.25, -0.2) is 4.79 Å². The number of amides is 2. The van der Waals surface area contributed by atoms with Crippen LogP contribution in [0.5, 0.6) is 0 Å². The van der Waals surface area contributed by atoms with Crippen molar-refractivity contribution in [2.24, 2.45) is 0 Å². The van der Waals surface area contributed by atoms with E-state index in [0.717, 1.165) is 36.7 Å². The zero-order chi connectivity index (χ0) is 16.9. The van der Waals surface area contributed by atoms with E-state index in [2.05, 4.69) is 15.4 Å². The standard InChI is InChI=1S/C17H21ClN4O2/c1-13-10-16(24-20-13)12-21-6-8-22(9-7-21)17(23)19-11-14-2-4-15(18)5-3-14/h2-5,10H,6-9,11-12H2,1H3,(H,19,23). The molecule has 2 heterocycles. The highest BCUT2D eigenvalue weighted by Crippen LogP contribution is 2.11. The average Bonchev–Trinajstić information content (AvgIpc) is 2.99. The fourth-order valence-electron chi connectivity index (χ4n) is 2.71. The summed E-state index contributed by atoms with van der Waals surface area (Å²) in [7, 11) is 0. The van der Waals surface area contributed by atoms with Gasteiger partial charge >= 0.3 is 6.03 Å². The zero-order valence-corrected chi connectivity index (χ0v) is 14.4. The highest BCUT2D eigenvalue weighted by molar-refractivity contribution is 6.30. The van der Waals surface area contributed by atoms with E-state index in [1.54, 1.807) is 0 Å². The van der Waals surface area contributed by atoms with Gasteiger partial charge in [0, 0.05) is 43.8 Å². The van der Waals surface area contributed by atoms with Crippen molar-refractivity contribution in [2.45, 2.75) is 20.0 Å². The van der Waals surface area contributed by atoms with Crippen molar-refractivity contribution < 1.29 is 9.32 Å². The summed E-state index contributed by atoms with van der Waals surface area (Å²) in [6.07, 6.45) is 0. The van der Waals surface area contributed by atoms with Crippen molar-refractivity contribution in [3.63, 3.8) is 0 Å². The van der Waals surface area contributed by atoms with Crippen LogP contribution < -0.4 is 5.32 Å². The van der Waals surface area contributed by atoms with Gasteiger partial charge in [-0.05, 0) is 24.6 Å². The molecule has 0 saturated carbocycles. The van der Waals surface area contributed by atoms with Crippen molar-refractivity contribution in [3.05, 3.63) is 52.4 Å². The molecule has 3 rings (SSSR count). The van der Waals surface area contributed by atoms with Gasteiger partial charge in [0.25, 0.3) is 0 Å². The number of urea groups is 1. The van der Waals surface area contributed by atoms with Crippen molar-refractivity contribution in [3.8, 4) is 0 Å². The maximum absolute atomic E-state index is 12.2. The Morgan fingerprint density at radius 1 is 1.25 bits per heavy atom. The second kappa shape index (κ2) is 7.68. The number of nitrogens with zero attached hydrogens (tertiary/aromatic N) is 3. The topological polar surface area (TPSA) is 61.6 Å². The Morgan fingerprint density at radius 3 is 2.58 bits per heavy atom. The van der Waals surface area contributed by atoms with E-state index in [-0.39, 0.29) is 6.03 Å². The summed E-state index contributed by atoms with van der Waals surface area (Å²) in [6, 6.07) is 9.41. The number of halogens is 1. The van der Waals surface area contributed by atoms with Crippen molar-refractivity contribution in [1.82, 2.24) is 20.3 Å². The van der Waals surface area contributed by atoms with Gasteiger partial charge in [0.2, 0.25) is 0 Å². The molecule has 2 amide bonds.